The fourth-order valence-electron chi connectivity index (χ4n) is 2.71. The zero-order valence-corrected chi connectivity index (χ0v) is 18.2. The number of nitrogens with two attached hydrogens (primary N) is 1. The Morgan fingerprint density at radius 2 is 1.68 bits per heavy atom. The molecule has 0 unspecified atom stereocenters. The van der Waals surface area contributed by atoms with Crippen molar-refractivity contribution >= 4 is 60.5 Å². The number of halogens is 2. The summed E-state index contributed by atoms with van der Waals surface area (Å²) in [6, 6.07) is 5.42. The minimum Gasteiger partial charge on any atom is -0.336 e. The van der Waals surface area contributed by atoms with E-state index in [9.17, 15) is 21.6 Å². The molecule has 1 aliphatic heterocycles. The third-order valence-corrected chi connectivity index (χ3v) is 9.14. The minimum atomic E-state index is -3.88. The quantitative estimate of drug-likeness (QED) is 0.711. The largest absolute Gasteiger partial charge is 0.336 e. The fourth-order valence-corrected chi connectivity index (χ4v) is 6.44. The van der Waals surface area contributed by atoms with Crippen LogP contribution in [0.3, 0.4) is 0 Å². The summed E-state index contributed by atoms with van der Waals surface area (Å²) in [7, 11) is -7.73. The highest BCUT2D eigenvalue weighted by atomic mass is 35.5. The molecule has 152 valence electrons. The van der Waals surface area contributed by atoms with Gasteiger partial charge in [0.2, 0.25) is 20.0 Å². The van der Waals surface area contributed by atoms with Crippen LogP contribution in [0.5, 0.6) is 0 Å². The maximum absolute atomic E-state index is 12.8. The van der Waals surface area contributed by atoms with Gasteiger partial charge in [0.1, 0.15) is 9.10 Å². The third kappa shape index (κ3) is 4.35. The monoisotopic (exact) mass is 483 g/mol. The van der Waals surface area contributed by atoms with Gasteiger partial charge in [-0.2, -0.15) is 4.31 Å². The zero-order valence-electron chi connectivity index (χ0n) is 14.2. The molecule has 28 heavy (non-hydrogen) atoms. The molecular formula is C15H15Cl2N3O5S3. The van der Waals surface area contributed by atoms with Crippen molar-refractivity contribution in [3.05, 3.63) is 45.3 Å². The van der Waals surface area contributed by atoms with E-state index in [1.807, 2.05) is 0 Å². The van der Waals surface area contributed by atoms with Crippen LogP contribution in [0.1, 0.15) is 10.4 Å². The first kappa shape index (κ1) is 21.5. The van der Waals surface area contributed by atoms with Crippen LogP contribution in [0.2, 0.25) is 10.0 Å². The smallest absolute Gasteiger partial charge is 0.254 e. The maximum atomic E-state index is 12.8. The molecule has 0 bridgehead atoms. The van der Waals surface area contributed by atoms with Crippen molar-refractivity contribution in [2.75, 3.05) is 26.2 Å². The molecular weight excluding hydrogens is 469 g/mol. The van der Waals surface area contributed by atoms with Gasteiger partial charge in [0.25, 0.3) is 5.91 Å². The van der Waals surface area contributed by atoms with E-state index in [-0.39, 0.29) is 56.8 Å². The number of piperazine rings is 1. The van der Waals surface area contributed by atoms with Crippen LogP contribution in [-0.2, 0) is 20.0 Å². The van der Waals surface area contributed by atoms with Gasteiger partial charge in [-0.1, -0.05) is 23.2 Å². The molecule has 0 spiro atoms. The molecule has 3 rings (SSSR count). The number of sulfonamides is 2. The molecule has 2 N–H and O–H groups in total. The molecule has 0 aliphatic carbocycles. The molecule has 1 fully saturated rings. The normalized spacial score (nSPS) is 16.3. The maximum Gasteiger partial charge on any atom is 0.254 e. The molecule has 1 aromatic carbocycles. The number of thiophene rings is 1. The van der Waals surface area contributed by atoms with E-state index in [0.29, 0.717) is 0 Å². The first-order chi connectivity index (χ1) is 13.0. The Labute approximate surface area is 176 Å². The molecule has 1 aliphatic rings. The van der Waals surface area contributed by atoms with E-state index in [1.54, 1.807) is 0 Å². The lowest BCUT2D eigenvalue weighted by Crippen LogP contribution is -2.50. The SMILES string of the molecule is NS(=O)(=O)c1cc(C(=O)N2CCN(S(=O)(=O)c3cc(Cl)ccc3Cl)CC2)cs1. The van der Waals surface area contributed by atoms with Crippen LogP contribution in [0.25, 0.3) is 0 Å². The van der Waals surface area contributed by atoms with Crippen molar-refractivity contribution in [1.29, 1.82) is 0 Å². The van der Waals surface area contributed by atoms with Crippen LogP contribution in [0, 0.1) is 0 Å². The second-order valence-corrected chi connectivity index (χ2v) is 11.4. The lowest BCUT2D eigenvalue weighted by Gasteiger charge is -2.34. The van der Waals surface area contributed by atoms with Gasteiger partial charge in [0.15, 0.2) is 0 Å². The van der Waals surface area contributed by atoms with Gasteiger partial charge in [-0.15, -0.1) is 11.3 Å². The highest BCUT2D eigenvalue weighted by Crippen LogP contribution is 2.28. The molecule has 2 heterocycles. The molecule has 1 amide bonds. The lowest BCUT2D eigenvalue weighted by atomic mass is 10.2. The number of rotatable bonds is 4. The van der Waals surface area contributed by atoms with E-state index in [1.165, 1.54) is 38.9 Å². The second-order valence-electron chi connectivity index (χ2n) is 5.97. The van der Waals surface area contributed by atoms with Gasteiger partial charge < -0.3 is 4.90 Å². The predicted octanol–water partition coefficient (Wildman–Crippen LogP) is 1.85. The first-order valence-corrected chi connectivity index (χ1v) is 12.5. The predicted molar refractivity (Wildman–Crippen MR) is 107 cm³/mol. The third-order valence-electron chi connectivity index (χ3n) is 4.14. The number of benzene rings is 1. The average Bonchev–Trinajstić information content (AvgIpc) is 3.13. The van der Waals surface area contributed by atoms with Gasteiger partial charge in [0.05, 0.1) is 10.6 Å². The average molecular weight is 484 g/mol. The van der Waals surface area contributed by atoms with E-state index < -0.39 is 20.0 Å². The van der Waals surface area contributed by atoms with Crippen LogP contribution < -0.4 is 5.14 Å². The number of amides is 1. The molecule has 13 heteroatoms. The lowest BCUT2D eigenvalue weighted by molar-refractivity contribution is 0.0698. The number of primary sulfonamides is 1. The van der Waals surface area contributed by atoms with Crippen molar-refractivity contribution < 1.29 is 21.6 Å². The van der Waals surface area contributed by atoms with Crippen molar-refractivity contribution in [2.24, 2.45) is 5.14 Å². The minimum absolute atomic E-state index is 0.0664. The molecule has 0 atom stereocenters. The summed E-state index contributed by atoms with van der Waals surface area (Å²) < 4.78 is 49.5. The summed E-state index contributed by atoms with van der Waals surface area (Å²) in [5, 5.41) is 6.79. The fraction of sp³-hybridized carbons (Fsp3) is 0.267. The van der Waals surface area contributed by atoms with Gasteiger partial charge >= 0.3 is 0 Å². The van der Waals surface area contributed by atoms with Crippen molar-refractivity contribution in [3.63, 3.8) is 0 Å². The standard InChI is InChI=1S/C15H15Cl2N3O5S3/c16-11-1-2-12(17)13(8-11)28(24,25)20-5-3-19(4-6-20)15(21)10-7-14(26-9-10)27(18,22)23/h1-2,7-9H,3-6H2,(H2,18,22,23). The molecule has 2 aromatic rings. The van der Waals surface area contributed by atoms with Crippen molar-refractivity contribution in [1.82, 2.24) is 9.21 Å². The van der Waals surface area contributed by atoms with E-state index in [2.05, 4.69) is 0 Å². The van der Waals surface area contributed by atoms with Crippen LogP contribution >= 0.6 is 34.5 Å². The molecule has 8 nitrogen and oxygen atoms in total. The Balaban J connectivity index is 1.73. The van der Waals surface area contributed by atoms with Crippen LogP contribution in [-0.4, -0.2) is 58.1 Å². The number of hydrogen-bond donors (Lipinski definition) is 1. The zero-order chi connectivity index (χ0) is 20.7. The molecule has 1 saturated heterocycles. The number of carbonyl (C=O) groups excluding carboxylic acids is 1. The van der Waals surface area contributed by atoms with Gasteiger partial charge in [-0.3, -0.25) is 4.79 Å². The van der Waals surface area contributed by atoms with E-state index >= 15 is 0 Å². The summed E-state index contributed by atoms with van der Waals surface area (Å²) in [5.74, 6) is -0.385. The Kier molecular flexibility index (Phi) is 6.07. The number of nitrogens with zero attached hydrogens (tertiary/aromatic N) is 2. The highest BCUT2D eigenvalue weighted by Gasteiger charge is 2.32. The summed E-state index contributed by atoms with van der Waals surface area (Å²) >= 11 is 12.8. The number of carbonyl (C=O) groups is 1. The van der Waals surface area contributed by atoms with Gasteiger partial charge in [0, 0.05) is 36.6 Å². The van der Waals surface area contributed by atoms with Gasteiger partial charge in [-0.25, -0.2) is 22.0 Å². The van der Waals surface area contributed by atoms with Gasteiger partial charge in [-0.05, 0) is 24.3 Å². The Hall–Kier alpha value is -1.21. The van der Waals surface area contributed by atoms with Crippen molar-refractivity contribution in [3.8, 4) is 0 Å². The highest BCUT2D eigenvalue weighted by molar-refractivity contribution is 7.91. The summed E-state index contributed by atoms with van der Waals surface area (Å²) in [5.41, 5.74) is 0.197. The molecule has 1 aromatic heterocycles. The topological polar surface area (TPSA) is 118 Å². The van der Waals surface area contributed by atoms with E-state index in [4.69, 9.17) is 28.3 Å². The number of hydrogen-bond acceptors (Lipinski definition) is 6. The molecule has 0 radical (unpaired) electrons. The summed E-state index contributed by atoms with van der Waals surface area (Å²) in [4.78, 5) is 13.9. The summed E-state index contributed by atoms with van der Waals surface area (Å²) in [6.07, 6.45) is 0. The second kappa shape index (κ2) is 7.90. The molecule has 0 saturated carbocycles. The Bertz CT molecular complexity index is 1120. The first-order valence-electron chi connectivity index (χ1n) is 7.86. The Morgan fingerprint density at radius 3 is 2.25 bits per heavy atom. The van der Waals surface area contributed by atoms with Crippen LogP contribution in [0.4, 0.5) is 0 Å². The Morgan fingerprint density at radius 1 is 1.04 bits per heavy atom. The van der Waals surface area contributed by atoms with Crippen LogP contribution in [0.15, 0.2) is 38.8 Å². The van der Waals surface area contributed by atoms with E-state index in [0.717, 1.165) is 11.3 Å². The van der Waals surface area contributed by atoms with Crippen molar-refractivity contribution in [2.45, 2.75) is 9.10 Å². The summed E-state index contributed by atoms with van der Waals surface area (Å²) in [6.45, 7) is 0.444.